The summed E-state index contributed by atoms with van der Waals surface area (Å²) in [6, 6.07) is 5.67. The lowest BCUT2D eigenvalue weighted by Gasteiger charge is -2.21. The number of nitrogens with one attached hydrogen (secondary N) is 1. The Labute approximate surface area is 138 Å². The maximum absolute atomic E-state index is 12.5. The fraction of sp³-hybridized carbons (Fsp3) is 0.375. The van der Waals surface area contributed by atoms with Crippen molar-refractivity contribution in [2.75, 3.05) is 18.1 Å². The molecule has 2 aromatic heterocycles. The van der Waals surface area contributed by atoms with E-state index >= 15 is 0 Å². The first-order valence-electron chi connectivity index (χ1n) is 7.29. The molecule has 2 aromatic rings. The van der Waals surface area contributed by atoms with Gasteiger partial charge < -0.3 is 14.8 Å². The summed E-state index contributed by atoms with van der Waals surface area (Å²) in [6.45, 7) is 1.83. The molecule has 2 N–H and O–H groups in total. The van der Waals surface area contributed by atoms with Crippen LogP contribution < -0.4 is 5.32 Å². The van der Waals surface area contributed by atoms with E-state index in [1.54, 1.807) is 35.6 Å². The highest BCUT2D eigenvalue weighted by Crippen LogP contribution is 2.28. The lowest BCUT2D eigenvalue weighted by Crippen LogP contribution is -2.43. The van der Waals surface area contributed by atoms with Crippen LogP contribution in [0, 0.1) is 18.3 Å². The number of amides is 1. The Balaban J connectivity index is 1.84. The molecule has 6 nitrogen and oxygen atoms in total. The van der Waals surface area contributed by atoms with Gasteiger partial charge in [-0.3, -0.25) is 9.36 Å². The monoisotopic (exact) mass is 331 g/mol. The van der Waals surface area contributed by atoms with Crippen LogP contribution in [0.15, 0.2) is 28.9 Å². The Morgan fingerprint density at radius 2 is 2.30 bits per heavy atom. The standard InChI is InChI=1S/C16H17N3O3S/c1-11-13(14(20)18-9-16(21)4-7-23-10-16)12(8-17)15(22-11)19-5-2-3-6-19/h2-3,5-6,21H,4,7,9-10H2,1H3,(H,18,20). The molecule has 0 radical (unpaired) electrons. The van der Waals surface area contributed by atoms with Crippen molar-refractivity contribution in [1.29, 1.82) is 5.26 Å². The first-order chi connectivity index (χ1) is 11.0. The number of hydrogen-bond acceptors (Lipinski definition) is 5. The third-order valence-electron chi connectivity index (χ3n) is 3.90. The third-order valence-corrected chi connectivity index (χ3v) is 5.14. The second-order valence-electron chi connectivity index (χ2n) is 5.63. The van der Waals surface area contributed by atoms with E-state index in [1.807, 2.05) is 18.2 Å². The van der Waals surface area contributed by atoms with Crippen LogP contribution in [0.1, 0.15) is 28.1 Å². The molecular weight excluding hydrogens is 314 g/mol. The van der Waals surface area contributed by atoms with Gasteiger partial charge >= 0.3 is 0 Å². The Morgan fingerprint density at radius 3 is 2.91 bits per heavy atom. The topological polar surface area (TPSA) is 91.2 Å². The molecule has 23 heavy (non-hydrogen) atoms. The van der Waals surface area contributed by atoms with Gasteiger partial charge in [0.05, 0.1) is 5.60 Å². The van der Waals surface area contributed by atoms with E-state index in [4.69, 9.17) is 4.42 Å². The Morgan fingerprint density at radius 1 is 1.57 bits per heavy atom. The average Bonchev–Trinajstić information content (AvgIpc) is 3.24. The van der Waals surface area contributed by atoms with Gasteiger partial charge in [-0.25, -0.2) is 0 Å². The van der Waals surface area contributed by atoms with E-state index in [9.17, 15) is 15.2 Å². The van der Waals surface area contributed by atoms with Gasteiger partial charge in [0.25, 0.3) is 5.91 Å². The summed E-state index contributed by atoms with van der Waals surface area (Å²) < 4.78 is 7.27. The van der Waals surface area contributed by atoms with Crippen molar-refractivity contribution in [3.63, 3.8) is 0 Å². The lowest BCUT2D eigenvalue weighted by molar-refractivity contribution is 0.0612. The van der Waals surface area contributed by atoms with E-state index in [1.165, 1.54) is 0 Å². The zero-order chi connectivity index (χ0) is 16.4. The minimum Gasteiger partial charge on any atom is -0.443 e. The van der Waals surface area contributed by atoms with Crippen LogP contribution in [0.5, 0.6) is 0 Å². The zero-order valence-electron chi connectivity index (χ0n) is 12.7. The quantitative estimate of drug-likeness (QED) is 0.892. The summed E-state index contributed by atoms with van der Waals surface area (Å²) >= 11 is 1.67. The number of hydrogen-bond donors (Lipinski definition) is 2. The summed E-state index contributed by atoms with van der Waals surface area (Å²) in [7, 11) is 0. The highest BCUT2D eigenvalue weighted by molar-refractivity contribution is 7.99. The molecule has 1 unspecified atom stereocenters. The number of aromatic nitrogens is 1. The number of rotatable bonds is 4. The molecule has 0 aliphatic carbocycles. The maximum Gasteiger partial charge on any atom is 0.256 e. The first kappa shape index (κ1) is 15.7. The van der Waals surface area contributed by atoms with Gasteiger partial charge in [-0.1, -0.05) is 0 Å². The van der Waals surface area contributed by atoms with Gasteiger partial charge in [-0.15, -0.1) is 0 Å². The molecule has 3 heterocycles. The van der Waals surface area contributed by atoms with Crippen LogP contribution in [0.25, 0.3) is 5.88 Å². The molecule has 1 aliphatic rings. The van der Waals surface area contributed by atoms with Gasteiger partial charge in [0.2, 0.25) is 5.88 Å². The Bertz CT molecular complexity index is 752. The second kappa shape index (κ2) is 6.14. The van der Waals surface area contributed by atoms with E-state index in [0.29, 0.717) is 23.8 Å². The molecule has 7 heteroatoms. The van der Waals surface area contributed by atoms with Crippen molar-refractivity contribution >= 4 is 17.7 Å². The van der Waals surface area contributed by atoms with E-state index < -0.39 is 11.5 Å². The summed E-state index contributed by atoms with van der Waals surface area (Å²) in [6.07, 6.45) is 4.15. The highest BCUT2D eigenvalue weighted by atomic mass is 32.2. The number of aryl methyl sites for hydroxylation is 1. The number of thioether (sulfide) groups is 1. The summed E-state index contributed by atoms with van der Waals surface area (Å²) in [5, 5.41) is 22.5. The number of furan rings is 1. The van der Waals surface area contributed by atoms with Crippen LogP contribution in [-0.2, 0) is 0 Å². The number of carbonyl (C=O) groups excluding carboxylic acids is 1. The Hall–Kier alpha value is -2.17. The van der Waals surface area contributed by atoms with Crippen LogP contribution in [0.2, 0.25) is 0 Å². The van der Waals surface area contributed by atoms with Crippen molar-refractivity contribution < 1.29 is 14.3 Å². The van der Waals surface area contributed by atoms with Gasteiger partial charge in [-0.05, 0) is 31.2 Å². The van der Waals surface area contributed by atoms with Gasteiger partial charge in [-0.2, -0.15) is 17.0 Å². The third kappa shape index (κ3) is 3.00. The highest BCUT2D eigenvalue weighted by Gasteiger charge is 2.33. The van der Waals surface area contributed by atoms with E-state index in [-0.39, 0.29) is 17.7 Å². The van der Waals surface area contributed by atoms with Crippen molar-refractivity contribution in [2.24, 2.45) is 0 Å². The maximum atomic E-state index is 12.5. The lowest BCUT2D eigenvalue weighted by atomic mass is 10.0. The van der Waals surface area contributed by atoms with E-state index in [0.717, 1.165) is 5.75 Å². The summed E-state index contributed by atoms with van der Waals surface area (Å²) in [5.74, 6) is 1.81. The van der Waals surface area contributed by atoms with E-state index in [2.05, 4.69) is 5.32 Å². The van der Waals surface area contributed by atoms with Crippen LogP contribution >= 0.6 is 11.8 Å². The fourth-order valence-electron chi connectivity index (χ4n) is 2.63. The second-order valence-corrected chi connectivity index (χ2v) is 6.73. The molecule has 0 aromatic carbocycles. The van der Waals surface area contributed by atoms with Gasteiger partial charge in [0.15, 0.2) is 0 Å². The number of carbonyl (C=O) groups is 1. The van der Waals surface area contributed by atoms with Gasteiger partial charge in [0, 0.05) is 24.7 Å². The summed E-state index contributed by atoms with van der Waals surface area (Å²) in [4.78, 5) is 12.5. The summed E-state index contributed by atoms with van der Waals surface area (Å²) in [5.41, 5.74) is -0.442. The molecule has 1 fully saturated rings. The predicted octanol–water partition coefficient (Wildman–Crippen LogP) is 1.85. The molecule has 0 spiro atoms. The van der Waals surface area contributed by atoms with Crippen molar-refractivity contribution in [1.82, 2.24) is 9.88 Å². The van der Waals surface area contributed by atoms with Crippen molar-refractivity contribution in [3.05, 3.63) is 41.4 Å². The first-order valence-corrected chi connectivity index (χ1v) is 8.45. The fourth-order valence-corrected chi connectivity index (χ4v) is 3.92. The molecular formula is C16H17N3O3S. The Kier molecular flexibility index (Phi) is 4.20. The largest absolute Gasteiger partial charge is 0.443 e. The molecule has 3 rings (SSSR count). The molecule has 1 atom stereocenters. The van der Waals surface area contributed by atoms with Crippen LogP contribution in [0.3, 0.4) is 0 Å². The minimum absolute atomic E-state index is 0.174. The molecule has 0 saturated carbocycles. The predicted molar refractivity (Wildman–Crippen MR) is 86.7 cm³/mol. The number of nitriles is 1. The molecule has 1 aliphatic heterocycles. The molecule has 1 amide bonds. The van der Waals surface area contributed by atoms with Crippen LogP contribution in [-0.4, -0.2) is 39.2 Å². The zero-order valence-corrected chi connectivity index (χ0v) is 13.5. The molecule has 1 saturated heterocycles. The minimum atomic E-state index is -0.867. The molecule has 120 valence electrons. The molecule has 0 bridgehead atoms. The van der Waals surface area contributed by atoms with Crippen LogP contribution in [0.4, 0.5) is 0 Å². The normalized spacial score (nSPS) is 20.4. The van der Waals surface area contributed by atoms with Crippen molar-refractivity contribution in [3.8, 4) is 12.0 Å². The number of nitrogens with zero attached hydrogens (tertiary/aromatic N) is 2. The smallest absolute Gasteiger partial charge is 0.256 e. The van der Waals surface area contributed by atoms with Gasteiger partial charge in [0.1, 0.15) is 23.0 Å². The average molecular weight is 331 g/mol. The number of aliphatic hydroxyl groups is 1. The van der Waals surface area contributed by atoms with Crippen molar-refractivity contribution in [2.45, 2.75) is 18.9 Å². The SMILES string of the molecule is Cc1oc(-n2cccc2)c(C#N)c1C(=O)NCC1(O)CCSC1.